The van der Waals surface area contributed by atoms with Gasteiger partial charge in [0.05, 0.1) is 0 Å². The van der Waals surface area contributed by atoms with Crippen LogP contribution in [0.25, 0.3) is 0 Å². The lowest BCUT2D eigenvalue weighted by Gasteiger charge is -2.09. The largest absolute Gasteiger partial charge is 0.315 e. The third-order valence-electron chi connectivity index (χ3n) is 1.32. The average Bonchev–Trinajstić information content (AvgIpc) is 1.85. The fourth-order valence-corrected chi connectivity index (χ4v) is 0.988. The summed E-state index contributed by atoms with van der Waals surface area (Å²) in [5.74, 6) is 0.787. The highest BCUT2D eigenvalue weighted by atomic mass is 35.5. The first-order valence-electron chi connectivity index (χ1n) is 3.60. The summed E-state index contributed by atoms with van der Waals surface area (Å²) >= 11 is 5.52. The Morgan fingerprint density at radius 3 is 2.67 bits per heavy atom. The third kappa shape index (κ3) is 6.13. The van der Waals surface area contributed by atoms with Crippen molar-refractivity contribution < 1.29 is 0 Å². The first-order valence-corrected chi connectivity index (χ1v) is 4.14. The Balaban J connectivity index is 2.95. The van der Waals surface area contributed by atoms with E-state index >= 15 is 0 Å². The average molecular weight is 150 g/mol. The highest BCUT2D eigenvalue weighted by Gasteiger charge is 1.96. The molecule has 0 fully saturated rings. The molecule has 0 amide bonds. The van der Waals surface area contributed by atoms with Gasteiger partial charge in [0.1, 0.15) is 0 Å². The number of hydrogen-bond acceptors (Lipinski definition) is 1. The number of nitrogens with one attached hydrogen (secondary N) is 1. The zero-order valence-corrected chi connectivity index (χ0v) is 7.04. The summed E-state index contributed by atoms with van der Waals surface area (Å²) < 4.78 is 0. The molecule has 0 spiro atoms. The third-order valence-corrected chi connectivity index (χ3v) is 1.59. The molecule has 0 saturated heterocycles. The minimum absolute atomic E-state index is 0.633. The molecule has 0 heterocycles. The monoisotopic (exact) mass is 149 g/mol. The standard InChI is InChI=1S/C7H16ClN/c1-3-9-7(2)5-4-6-8/h7,9H,3-6H2,1-2H3. The van der Waals surface area contributed by atoms with Gasteiger partial charge < -0.3 is 5.32 Å². The van der Waals surface area contributed by atoms with E-state index in [1.54, 1.807) is 0 Å². The molecule has 0 aromatic heterocycles. The zero-order valence-electron chi connectivity index (χ0n) is 6.28. The van der Waals surface area contributed by atoms with Gasteiger partial charge in [-0.25, -0.2) is 0 Å². The van der Waals surface area contributed by atoms with Gasteiger partial charge >= 0.3 is 0 Å². The van der Waals surface area contributed by atoms with E-state index in [4.69, 9.17) is 11.6 Å². The summed E-state index contributed by atoms with van der Waals surface area (Å²) in [6, 6.07) is 0.633. The summed E-state index contributed by atoms with van der Waals surface area (Å²) in [6.45, 7) is 5.37. The van der Waals surface area contributed by atoms with Crippen molar-refractivity contribution in [1.82, 2.24) is 5.32 Å². The minimum atomic E-state index is 0.633. The van der Waals surface area contributed by atoms with Gasteiger partial charge in [-0.1, -0.05) is 6.92 Å². The normalized spacial score (nSPS) is 13.7. The van der Waals surface area contributed by atoms with Crippen LogP contribution in [0.1, 0.15) is 26.7 Å². The molecule has 0 radical (unpaired) electrons. The Morgan fingerprint density at radius 1 is 1.56 bits per heavy atom. The van der Waals surface area contributed by atoms with Crippen molar-refractivity contribution in [2.24, 2.45) is 0 Å². The molecule has 0 bridgehead atoms. The molecule has 0 aliphatic rings. The quantitative estimate of drug-likeness (QED) is 0.590. The fraction of sp³-hybridized carbons (Fsp3) is 1.00. The second kappa shape index (κ2) is 6.37. The molecule has 0 saturated carbocycles. The molecule has 0 aliphatic carbocycles. The Kier molecular flexibility index (Phi) is 6.55. The maximum atomic E-state index is 5.52. The van der Waals surface area contributed by atoms with Crippen LogP contribution in [0, 0.1) is 0 Å². The van der Waals surface area contributed by atoms with E-state index in [0.717, 1.165) is 18.8 Å². The zero-order chi connectivity index (χ0) is 7.11. The van der Waals surface area contributed by atoms with Crippen LogP contribution in [0.5, 0.6) is 0 Å². The SMILES string of the molecule is CCNC(C)CCCCl. The molecule has 2 heteroatoms. The lowest BCUT2D eigenvalue weighted by atomic mass is 10.2. The van der Waals surface area contributed by atoms with Gasteiger partial charge in [-0.2, -0.15) is 0 Å². The van der Waals surface area contributed by atoms with E-state index in [9.17, 15) is 0 Å². The van der Waals surface area contributed by atoms with E-state index in [1.165, 1.54) is 6.42 Å². The van der Waals surface area contributed by atoms with E-state index < -0.39 is 0 Å². The van der Waals surface area contributed by atoms with E-state index in [1.807, 2.05) is 0 Å². The summed E-state index contributed by atoms with van der Waals surface area (Å²) in [7, 11) is 0. The molecular weight excluding hydrogens is 134 g/mol. The number of alkyl halides is 1. The molecular formula is C7H16ClN. The van der Waals surface area contributed by atoms with Crippen LogP contribution in [0.3, 0.4) is 0 Å². The summed E-state index contributed by atoms with van der Waals surface area (Å²) in [5.41, 5.74) is 0. The first-order chi connectivity index (χ1) is 4.31. The fourth-order valence-electron chi connectivity index (χ4n) is 0.834. The minimum Gasteiger partial charge on any atom is -0.315 e. The highest BCUT2D eigenvalue weighted by Crippen LogP contribution is 1.96. The van der Waals surface area contributed by atoms with Crippen molar-refractivity contribution in [2.45, 2.75) is 32.7 Å². The molecule has 9 heavy (non-hydrogen) atoms. The van der Waals surface area contributed by atoms with Crippen LogP contribution in [0.15, 0.2) is 0 Å². The van der Waals surface area contributed by atoms with Crippen LogP contribution in [0.4, 0.5) is 0 Å². The number of hydrogen-bond donors (Lipinski definition) is 1. The Hall–Kier alpha value is 0.250. The lowest BCUT2D eigenvalue weighted by molar-refractivity contribution is 0.525. The summed E-state index contributed by atoms with van der Waals surface area (Å²) in [4.78, 5) is 0. The summed E-state index contributed by atoms with van der Waals surface area (Å²) in [6.07, 6.45) is 2.31. The lowest BCUT2D eigenvalue weighted by Crippen LogP contribution is -2.25. The highest BCUT2D eigenvalue weighted by molar-refractivity contribution is 6.17. The van der Waals surface area contributed by atoms with Crippen LogP contribution in [-0.2, 0) is 0 Å². The van der Waals surface area contributed by atoms with Crippen LogP contribution >= 0.6 is 11.6 Å². The van der Waals surface area contributed by atoms with Gasteiger partial charge in [-0.3, -0.25) is 0 Å². The molecule has 1 unspecified atom stereocenters. The van der Waals surface area contributed by atoms with Gasteiger partial charge in [-0.15, -0.1) is 11.6 Å². The van der Waals surface area contributed by atoms with E-state index in [-0.39, 0.29) is 0 Å². The van der Waals surface area contributed by atoms with Gasteiger partial charge in [-0.05, 0) is 26.3 Å². The van der Waals surface area contributed by atoms with Gasteiger partial charge in [0, 0.05) is 11.9 Å². The van der Waals surface area contributed by atoms with Crippen LogP contribution in [0.2, 0.25) is 0 Å². The van der Waals surface area contributed by atoms with Crippen LogP contribution < -0.4 is 5.32 Å². The predicted octanol–water partition coefficient (Wildman–Crippen LogP) is 2.00. The summed E-state index contributed by atoms with van der Waals surface area (Å²) in [5, 5.41) is 3.32. The van der Waals surface area contributed by atoms with Gasteiger partial charge in [0.2, 0.25) is 0 Å². The molecule has 0 rings (SSSR count). The second-order valence-electron chi connectivity index (χ2n) is 2.29. The Bertz CT molecular complexity index is 56.9. The van der Waals surface area contributed by atoms with Crippen molar-refractivity contribution in [3.63, 3.8) is 0 Å². The van der Waals surface area contributed by atoms with Gasteiger partial charge in [0.25, 0.3) is 0 Å². The Labute approximate surface area is 62.8 Å². The van der Waals surface area contributed by atoms with Crippen LogP contribution in [-0.4, -0.2) is 18.5 Å². The number of rotatable bonds is 5. The molecule has 0 aromatic carbocycles. The van der Waals surface area contributed by atoms with Crippen molar-refractivity contribution in [3.05, 3.63) is 0 Å². The smallest absolute Gasteiger partial charge is 0.0224 e. The maximum absolute atomic E-state index is 5.52. The van der Waals surface area contributed by atoms with Crippen molar-refractivity contribution in [1.29, 1.82) is 0 Å². The first kappa shape index (κ1) is 9.25. The molecule has 1 atom stereocenters. The molecule has 0 aliphatic heterocycles. The second-order valence-corrected chi connectivity index (χ2v) is 2.67. The van der Waals surface area contributed by atoms with E-state index in [0.29, 0.717) is 6.04 Å². The molecule has 0 aromatic rings. The Morgan fingerprint density at radius 2 is 2.22 bits per heavy atom. The van der Waals surface area contributed by atoms with E-state index in [2.05, 4.69) is 19.2 Å². The maximum Gasteiger partial charge on any atom is 0.0224 e. The molecule has 1 N–H and O–H groups in total. The molecule has 56 valence electrons. The molecule has 1 nitrogen and oxygen atoms in total. The van der Waals surface area contributed by atoms with Crippen molar-refractivity contribution in [2.75, 3.05) is 12.4 Å². The number of halogens is 1. The van der Waals surface area contributed by atoms with Crippen molar-refractivity contribution >= 4 is 11.6 Å². The topological polar surface area (TPSA) is 12.0 Å². The predicted molar refractivity (Wildman–Crippen MR) is 43.1 cm³/mol. The van der Waals surface area contributed by atoms with Crippen molar-refractivity contribution in [3.8, 4) is 0 Å². The van der Waals surface area contributed by atoms with Gasteiger partial charge in [0.15, 0.2) is 0 Å².